The van der Waals surface area contributed by atoms with Gasteiger partial charge in [-0.1, -0.05) is 18.2 Å². The first kappa shape index (κ1) is 9.65. The Morgan fingerprint density at radius 2 is 2.00 bits per heavy atom. The summed E-state index contributed by atoms with van der Waals surface area (Å²) < 4.78 is 1.27. The van der Waals surface area contributed by atoms with E-state index >= 15 is 0 Å². The number of benzene rings is 1. The topological polar surface area (TPSA) is 35.2 Å². The summed E-state index contributed by atoms with van der Waals surface area (Å²) in [4.78, 5) is 6.12. The van der Waals surface area contributed by atoms with Crippen LogP contribution >= 0.6 is 11.3 Å². The van der Waals surface area contributed by atoms with E-state index in [0.717, 1.165) is 4.88 Å². The molecule has 1 heterocycles. The van der Waals surface area contributed by atoms with Gasteiger partial charge in [0.1, 0.15) is 5.60 Å². The van der Waals surface area contributed by atoms with Gasteiger partial charge in [-0.05, 0) is 31.4 Å². The van der Waals surface area contributed by atoms with Crippen LogP contribution in [0.15, 0.2) is 30.3 Å². The Hall–Kier alpha value is -0.900. The summed E-state index contributed by atoms with van der Waals surface area (Å²) >= 11 is 1.72. The van der Waals surface area contributed by atoms with E-state index in [1.165, 1.54) is 10.1 Å². The highest BCUT2D eigenvalue weighted by atomic mass is 32.1. The maximum absolute atomic E-state index is 5.27. The van der Waals surface area contributed by atoms with Crippen molar-refractivity contribution in [3.05, 3.63) is 35.2 Å². The number of hydrogen-bond donors (Lipinski definition) is 1. The van der Waals surface area contributed by atoms with Gasteiger partial charge >= 0.3 is 0 Å². The normalized spacial score (nSPS) is 12.2. The van der Waals surface area contributed by atoms with E-state index in [1.807, 2.05) is 26.0 Å². The molecule has 0 atom stereocenters. The van der Waals surface area contributed by atoms with Gasteiger partial charge in [0.2, 0.25) is 0 Å². The fourth-order valence-corrected chi connectivity index (χ4v) is 2.44. The zero-order valence-corrected chi connectivity index (χ0v) is 9.10. The molecule has 1 aromatic carbocycles. The average molecular weight is 207 g/mol. The molecule has 2 rings (SSSR count). The Morgan fingerprint density at radius 3 is 2.64 bits per heavy atom. The van der Waals surface area contributed by atoms with Crippen molar-refractivity contribution in [2.75, 3.05) is 0 Å². The summed E-state index contributed by atoms with van der Waals surface area (Å²) in [5.41, 5.74) is -0.399. The van der Waals surface area contributed by atoms with E-state index < -0.39 is 5.60 Å². The molecule has 2 nitrogen and oxygen atoms in total. The third kappa shape index (κ3) is 1.54. The first-order valence-corrected chi connectivity index (χ1v) is 5.32. The smallest absolute Gasteiger partial charge is 0.118 e. The number of nitrogens with two attached hydrogens (primary N) is 1. The SMILES string of the molecule is CC(C)(ON)c1cc2ccccc2s1. The Morgan fingerprint density at radius 1 is 1.29 bits per heavy atom. The molecule has 3 heteroatoms. The minimum Gasteiger partial charge on any atom is -0.293 e. The summed E-state index contributed by atoms with van der Waals surface area (Å²) in [5.74, 6) is 5.27. The molecular weight excluding hydrogens is 194 g/mol. The number of rotatable bonds is 2. The van der Waals surface area contributed by atoms with E-state index in [9.17, 15) is 0 Å². The van der Waals surface area contributed by atoms with Gasteiger partial charge in [0, 0.05) is 9.58 Å². The molecule has 74 valence electrons. The molecule has 0 amide bonds. The van der Waals surface area contributed by atoms with E-state index in [-0.39, 0.29) is 0 Å². The standard InChI is InChI=1S/C11H13NOS/c1-11(2,13-12)10-7-8-5-3-4-6-9(8)14-10/h3-7H,12H2,1-2H3. The van der Waals surface area contributed by atoms with Gasteiger partial charge in [-0.25, -0.2) is 5.90 Å². The molecule has 0 aliphatic carbocycles. The van der Waals surface area contributed by atoms with Crippen molar-refractivity contribution < 1.29 is 4.84 Å². The quantitative estimate of drug-likeness (QED) is 0.768. The minimum atomic E-state index is -0.399. The maximum atomic E-state index is 5.27. The molecule has 1 aromatic heterocycles. The first-order valence-electron chi connectivity index (χ1n) is 4.50. The predicted octanol–water partition coefficient (Wildman–Crippen LogP) is 3.03. The van der Waals surface area contributed by atoms with E-state index in [4.69, 9.17) is 10.7 Å². The molecule has 2 N–H and O–H groups in total. The number of hydrogen-bond acceptors (Lipinski definition) is 3. The van der Waals surface area contributed by atoms with Crippen molar-refractivity contribution in [3.63, 3.8) is 0 Å². The molecule has 0 saturated carbocycles. The largest absolute Gasteiger partial charge is 0.293 e. The van der Waals surface area contributed by atoms with Crippen molar-refractivity contribution >= 4 is 21.4 Å². The monoisotopic (exact) mass is 207 g/mol. The van der Waals surface area contributed by atoms with Crippen LogP contribution in [0.5, 0.6) is 0 Å². The highest BCUT2D eigenvalue weighted by molar-refractivity contribution is 7.19. The average Bonchev–Trinajstić information content (AvgIpc) is 2.61. The summed E-state index contributed by atoms with van der Waals surface area (Å²) in [5, 5.41) is 1.25. The zero-order chi connectivity index (χ0) is 10.2. The number of fused-ring (bicyclic) bond motifs is 1. The van der Waals surface area contributed by atoms with Gasteiger partial charge < -0.3 is 0 Å². The second-order valence-electron chi connectivity index (χ2n) is 3.78. The fraction of sp³-hybridized carbons (Fsp3) is 0.273. The molecule has 0 bridgehead atoms. The summed E-state index contributed by atoms with van der Waals surface area (Å²) in [7, 11) is 0. The first-order chi connectivity index (χ1) is 6.63. The van der Waals surface area contributed by atoms with Crippen LogP contribution in [-0.4, -0.2) is 0 Å². The third-order valence-electron chi connectivity index (χ3n) is 2.31. The van der Waals surface area contributed by atoms with Gasteiger partial charge in [0.15, 0.2) is 0 Å². The second-order valence-corrected chi connectivity index (χ2v) is 4.86. The van der Waals surface area contributed by atoms with E-state index in [2.05, 4.69) is 18.2 Å². The molecule has 14 heavy (non-hydrogen) atoms. The Balaban J connectivity index is 2.55. The Kier molecular flexibility index (Phi) is 2.31. The van der Waals surface area contributed by atoms with Crippen LogP contribution in [0.3, 0.4) is 0 Å². The van der Waals surface area contributed by atoms with Crippen LogP contribution in [0.4, 0.5) is 0 Å². The molecule has 0 radical (unpaired) electrons. The zero-order valence-electron chi connectivity index (χ0n) is 8.28. The van der Waals surface area contributed by atoms with Crippen LogP contribution in [0, 0.1) is 0 Å². The second kappa shape index (κ2) is 3.35. The van der Waals surface area contributed by atoms with Gasteiger partial charge in [-0.15, -0.1) is 11.3 Å². The van der Waals surface area contributed by atoms with Crippen molar-refractivity contribution in [1.82, 2.24) is 0 Å². The molecule has 0 aliphatic heterocycles. The van der Waals surface area contributed by atoms with Gasteiger partial charge in [0.05, 0.1) is 0 Å². The highest BCUT2D eigenvalue weighted by Crippen LogP contribution is 2.34. The molecule has 2 aromatic rings. The molecule has 0 fully saturated rings. The van der Waals surface area contributed by atoms with E-state index in [1.54, 1.807) is 11.3 Å². The summed E-state index contributed by atoms with van der Waals surface area (Å²) in [6, 6.07) is 10.4. The van der Waals surface area contributed by atoms with Gasteiger partial charge in [-0.3, -0.25) is 4.84 Å². The maximum Gasteiger partial charge on any atom is 0.118 e. The summed E-state index contributed by atoms with van der Waals surface area (Å²) in [6.45, 7) is 3.94. The van der Waals surface area contributed by atoms with Gasteiger partial charge in [0.25, 0.3) is 0 Å². The fourth-order valence-electron chi connectivity index (χ4n) is 1.34. The lowest BCUT2D eigenvalue weighted by atomic mass is 10.1. The predicted molar refractivity (Wildman–Crippen MR) is 60.1 cm³/mol. The third-order valence-corrected chi connectivity index (χ3v) is 3.73. The molecule has 0 saturated heterocycles. The molecule has 0 aliphatic rings. The van der Waals surface area contributed by atoms with Crippen LogP contribution in [0.2, 0.25) is 0 Å². The lowest BCUT2D eigenvalue weighted by Gasteiger charge is -2.19. The van der Waals surface area contributed by atoms with Gasteiger partial charge in [-0.2, -0.15) is 0 Å². The van der Waals surface area contributed by atoms with Crippen molar-refractivity contribution in [2.24, 2.45) is 5.90 Å². The molecule has 0 unspecified atom stereocenters. The van der Waals surface area contributed by atoms with Crippen molar-refractivity contribution in [1.29, 1.82) is 0 Å². The van der Waals surface area contributed by atoms with Crippen molar-refractivity contribution in [2.45, 2.75) is 19.4 Å². The van der Waals surface area contributed by atoms with Crippen LogP contribution < -0.4 is 5.90 Å². The summed E-state index contributed by atoms with van der Waals surface area (Å²) in [6.07, 6.45) is 0. The van der Waals surface area contributed by atoms with Crippen LogP contribution in [-0.2, 0) is 10.4 Å². The lowest BCUT2D eigenvalue weighted by molar-refractivity contribution is -0.0207. The van der Waals surface area contributed by atoms with E-state index in [0.29, 0.717) is 0 Å². The molecular formula is C11H13NOS. The Bertz CT molecular complexity index is 414. The highest BCUT2D eigenvalue weighted by Gasteiger charge is 2.22. The minimum absolute atomic E-state index is 0.399. The molecule has 0 spiro atoms. The number of thiophene rings is 1. The van der Waals surface area contributed by atoms with Crippen LogP contribution in [0.25, 0.3) is 10.1 Å². The van der Waals surface area contributed by atoms with Crippen LogP contribution in [0.1, 0.15) is 18.7 Å². The Labute approximate surface area is 87.3 Å². The van der Waals surface area contributed by atoms with Crippen molar-refractivity contribution in [3.8, 4) is 0 Å². The lowest BCUT2D eigenvalue weighted by Crippen LogP contribution is -2.23.